The zero-order valence-electron chi connectivity index (χ0n) is 20.8. The minimum atomic E-state index is -1.17. The minimum absolute atomic E-state index is 0.0288. The van der Waals surface area contributed by atoms with Crippen molar-refractivity contribution in [1.29, 1.82) is 0 Å². The van der Waals surface area contributed by atoms with Crippen molar-refractivity contribution in [3.05, 3.63) is 65.5 Å². The summed E-state index contributed by atoms with van der Waals surface area (Å²) < 4.78 is 15.9. The van der Waals surface area contributed by atoms with Crippen LogP contribution in [-0.4, -0.2) is 83.7 Å². The normalized spacial score (nSPS) is 11.3. The number of carbonyl (C=O) groups excluding carboxylic acids is 2. The fourth-order valence-corrected chi connectivity index (χ4v) is 3.88. The summed E-state index contributed by atoms with van der Waals surface area (Å²) in [6.07, 6.45) is 1.83. The van der Waals surface area contributed by atoms with E-state index in [1.165, 1.54) is 38.5 Å². The molecule has 196 valence electrons. The number of carbonyl (C=O) groups is 3. The molecule has 12 heteroatoms. The number of nitrogens with zero attached hydrogens (tertiary/aromatic N) is 3. The van der Waals surface area contributed by atoms with Crippen LogP contribution in [-0.2, 0) is 11.2 Å². The summed E-state index contributed by atoms with van der Waals surface area (Å²) in [7, 11) is 4.29. The number of ether oxygens (including phenoxy) is 3. The number of amides is 2. The molecule has 0 saturated heterocycles. The van der Waals surface area contributed by atoms with Crippen molar-refractivity contribution in [3.63, 3.8) is 0 Å². The summed E-state index contributed by atoms with van der Waals surface area (Å²) in [6, 6.07) is 11.3. The second-order valence-corrected chi connectivity index (χ2v) is 7.87. The second-order valence-electron chi connectivity index (χ2n) is 7.87. The van der Waals surface area contributed by atoms with E-state index in [1.54, 1.807) is 6.07 Å². The number of nitrogens with one attached hydrogen (secondary N) is 2. The Bertz CT molecular complexity index is 1200. The van der Waals surface area contributed by atoms with Crippen molar-refractivity contribution < 1.29 is 33.7 Å². The van der Waals surface area contributed by atoms with E-state index in [2.05, 4.69) is 20.7 Å². The molecule has 0 aliphatic rings. The highest BCUT2D eigenvalue weighted by atomic mass is 16.5. The van der Waals surface area contributed by atoms with Gasteiger partial charge in [-0.05, 0) is 30.5 Å². The average molecular weight is 512 g/mol. The molecule has 3 aromatic rings. The highest BCUT2D eigenvalue weighted by Gasteiger charge is 2.31. The molecule has 0 radical (unpaired) electrons. The Hall–Kier alpha value is -4.61. The van der Waals surface area contributed by atoms with Gasteiger partial charge in [0.05, 0.1) is 33.1 Å². The van der Waals surface area contributed by atoms with Crippen molar-refractivity contribution in [3.8, 4) is 17.2 Å². The molecule has 2 aromatic carbocycles. The van der Waals surface area contributed by atoms with Crippen molar-refractivity contribution in [2.75, 3.05) is 34.4 Å². The largest absolute Gasteiger partial charge is 0.493 e. The van der Waals surface area contributed by atoms with Crippen LogP contribution in [0.5, 0.6) is 17.2 Å². The van der Waals surface area contributed by atoms with Gasteiger partial charge in [0.25, 0.3) is 11.8 Å². The third-order valence-electron chi connectivity index (χ3n) is 5.69. The maximum Gasteiger partial charge on any atom is 0.326 e. The molecule has 0 fully saturated rings. The number of benzene rings is 2. The molecule has 0 spiro atoms. The number of methoxy groups -OCH3 is 3. The van der Waals surface area contributed by atoms with Gasteiger partial charge in [0.15, 0.2) is 17.2 Å². The molecule has 0 aliphatic heterocycles. The molecular weight excluding hydrogens is 482 g/mol. The van der Waals surface area contributed by atoms with Gasteiger partial charge in [0.1, 0.15) is 6.04 Å². The summed E-state index contributed by atoms with van der Waals surface area (Å²) in [5.41, 5.74) is 1.10. The summed E-state index contributed by atoms with van der Waals surface area (Å²) in [5.74, 6) is -1.45. The van der Waals surface area contributed by atoms with Crippen LogP contribution < -0.4 is 19.5 Å². The first kappa shape index (κ1) is 27.0. The molecule has 1 atom stereocenters. The molecule has 1 unspecified atom stereocenters. The number of aryl methyl sites for hydroxylation is 1. The number of carboxylic acid groups (broad SMARTS) is 1. The lowest BCUT2D eigenvalue weighted by molar-refractivity contribution is -0.142. The predicted molar refractivity (Wildman–Crippen MR) is 132 cm³/mol. The molecule has 3 rings (SSSR count). The SMILES string of the molecule is COc1ccc(C(=O)NCCN(C(=O)c2cn[nH]n2)C(CCc2ccccc2)C(=O)O)c(OC)c1OC. The zero-order chi connectivity index (χ0) is 26.8. The van der Waals surface area contributed by atoms with Gasteiger partial charge in [-0.1, -0.05) is 30.3 Å². The molecular formula is C25H29N5O7. The Balaban J connectivity index is 1.77. The number of aromatic nitrogens is 3. The molecule has 1 heterocycles. The number of carboxylic acids is 1. The van der Waals surface area contributed by atoms with Crippen LogP contribution in [0.4, 0.5) is 0 Å². The van der Waals surface area contributed by atoms with Crippen LogP contribution in [0.25, 0.3) is 0 Å². The van der Waals surface area contributed by atoms with E-state index < -0.39 is 23.8 Å². The van der Waals surface area contributed by atoms with Gasteiger partial charge in [-0.25, -0.2) is 4.79 Å². The number of aromatic amines is 1. The number of hydrogen-bond acceptors (Lipinski definition) is 8. The predicted octanol–water partition coefficient (Wildman–Crippen LogP) is 1.79. The number of rotatable bonds is 13. The molecule has 3 N–H and O–H groups in total. The fourth-order valence-electron chi connectivity index (χ4n) is 3.88. The summed E-state index contributed by atoms with van der Waals surface area (Å²) >= 11 is 0. The highest BCUT2D eigenvalue weighted by Crippen LogP contribution is 2.39. The monoisotopic (exact) mass is 511 g/mol. The van der Waals surface area contributed by atoms with Crippen LogP contribution in [0.1, 0.15) is 32.8 Å². The maximum atomic E-state index is 13.1. The van der Waals surface area contributed by atoms with Crippen LogP contribution in [0, 0.1) is 0 Å². The molecule has 2 amide bonds. The number of H-pyrrole nitrogens is 1. The van der Waals surface area contributed by atoms with Gasteiger partial charge in [-0.3, -0.25) is 9.59 Å². The first-order valence-corrected chi connectivity index (χ1v) is 11.4. The minimum Gasteiger partial charge on any atom is -0.493 e. The lowest BCUT2D eigenvalue weighted by Gasteiger charge is -2.28. The average Bonchev–Trinajstić information content (AvgIpc) is 3.46. The summed E-state index contributed by atoms with van der Waals surface area (Å²) in [4.78, 5) is 39.5. The lowest BCUT2D eigenvalue weighted by atomic mass is 10.0. The molecule has 0 saturated carbocycles. The third kappa shape index (κ3) is 6.54. The number of hydrogen-bond donors (Lipinski definition) is 3. The van der Waals surface area contributed by atoms with E-state index in [4.69, 9.17) is 14.2 Å². The molecule has 1 aromatic heterocycles. The van der Waals surface area contributed by atoms with E-state index >= 15 is 0 Å². The van der Waals surface area contributed by atoms with Gasteiger partial charge in [0, 0.05) is 13.1 Å². The molecule has 0 bridgehead atoms. The highest BCUT2D eigenvalue weighted by molar-refractivity contribution is 5.98. The van der Waals surface area contributed by atoms with Crippen molar-refractivity contribution >= 4 is 17.8 Å². The van der Waals surface area contributed by atoms with E-state index in [0.29, 0.717) is 12.2 Å². The van der Waals surface area contributed by atoms with Crippen LogP contribution in [0.3, 0.4) is 0 Å². The quantitative estimate of drug-likeness (QED) is 0.311. The Morgan fingerprint density at radius 2 is 1.76 bits per heavy atom. The van der Waals surface area contributed by atoms with Gasteiger partial charge >= 0.3 is 5.97 Å². The van der Waals surface area contributed by atoms with Gasteiger partial charge in [-0.15, -0.1) is 0 Å². The molecule has 0 aliphatic carbocycles. The van der Waals surface area contributed by atoms with E-state index in [-0.39, 0.29) is 42.3 Å². The first-order chi connectivity index (χ1) is 17.9. The Kier molecular flexibility index (Phi) is 9.41. The van der Waals surface area contributed by atoms with Crippen LogP contribution in [0.15, 0.2) is 48.7 Å². The Labute approximate surface area is 213 Å². The zero-order valence-corrected chi connectivity index (χ0v) is 20.8. The van der Waals surface area contributed by atoms with E-state index in [0.717, 1.165) is 5.56 Å². The second kappa shape index (κ2) is 12.9. The van der Waals surface area contributed by atoms with Gasteiger partial charge in [-0.2, -0.15) is 15.4 Å². The van der Waals surface area contributed by atoms with Crippen molar-refractivity contribution in [1.82, 2.24) is 25.6 Å². The standard InChI is InChI=1S/C25H29N5O7/c1-35-20-12-10-17(21(36-2)22(20)37-3)23(31)26-13-14-30(24(32)18-15-27-29-28-18)19(25(33)34)11-9-16-7-5-4-6-8-16/h4-8,10,12,15,19H,9,11,13-14H2,1-3H3,(H,26,31)(H,33,34)(H,27,28,29). The van der Waals surface area contributed by atoms with E-state index in [9.17, 15) is 19.5 Å². The van der Waals surface area contributed by atoms with E-state index in [1.807, 2.05) is 30.3 Å². The topological polar surface area (TPSA) is 156 Å². The summed E-state index contributed by atoms with van der Waals surface area (Å²) in [5, 5.41) is 22.5. The van der Waals surface area contributed by atoms with Gasteiger partial charge in [0.2, 0.25) is 5.75 Å². The summed E-state index contributed by atoms with van der Waals surface area (Å²) in [6.45, 7) is -0.117. The third-order valence-corrected chi connectivity index (χ3v) is 5.69. The molecule has 37 heavy (non-hydrogen) atoms. The first-order valence-electron chi connectivity index (χ1n) is 11.4. The smallest absolute Gasteiger partial charge is 0.326 e. The van der Waals surface area contributed by atoms with Crippen LogP contribution in [0.2, 0.25) is 0 Å². The van der Waals surface area contributed by atoms with Crippen molar-refractivity contribution in [2.24, 2.45) is 0 Å². The number of aliphatic carboxylic acids is 1. The Morgan fingerprint density at radius 3 is 2.35 bits per heavy atom. The lowest BCUT2D eigenvalue weighted by Crippen LogP contribution is -2.48. The molecule has 12 nitrogen and oxygen atoms in total. The van der Waals surface area contributed by atoms with Crippen LogP contribution >= 0.6 is 0 Å². The Morgan fingerprint density at radius 1 is 1.03 bits per heavy atom. The fraction of sp³-hybridized carbons (Fsp3) is 0.320. The van der Waals surface area contributed by atoms with Crippen molar-refractivity contribution in [2.45, 2.75) is 18.9 Å². The maximum absolute atomic E-state index is 13.1. The van der Waals surface area contributed by atoms with Gasteiger partial charge < -0.3 is 29.5 Å².